The molecule has 114 valence electrons. The quantitative estimate of drug-likeness (QED) is 0.778. The van der Waals surface area contributed by atoms with Gasteiger partial charge >= 0.3 is 0 Å². The Labute approximate surface area is 133 Å². The van der Waals surface area contributed by atoms with Gasteiger partial charge in [-0.15, -0.1) is 11.3 Å². The second kappa shape index (κ2) is 5.50. The Morgan fingerprint density at radius 2 is 2.27 bits per heavy atom. The number of aryl methyl sites for hydroxylation is 1. The summed E-state index contributed by atoms with van der Waals surface area (Å²) in [6.07, 6.45) is 6.86. The predicted octanol–water partition coefficient (Wildman–Crippen LogP) is 2.71. The normalized spacial score (nSPS) is 21.1. The Hall–Kier alpha value is -1.69. The van der Waals surface area contributed by atoms with E-state index in [9.17, 15) is 5.11 Å². The molecular weight excluding hydrogens is 294 g/mol. The van der Waals surface area contributed by atoms with Crippen molar-refractivity contribution in [1.29, 1.82) is 0 Å². The highest BCUT2D eigenvalue weighted by molar-refractivity contribution is 7.15. The fourth-order valence-corrected chi connectivity index (χ4v) is 4.10. The Morgan fingerprint density at radius 1 is 1.36 bits per heavy atom. The minimum Gasteiger partial charge on any atom is -0.384 e. The molecule has 1 aliphatic carbocycles. The lowest BCUT2D eigenvalue weighted by Gasteiger charge is -2.34. The first-order valence-corrected chi connectivity index (χ1v) is 8.55. The minimum absolute atomic E-state index is 0.571. The van der Waals surface area contributed by atoms with Crippen LogP contribution in [0.5, 0.6) is 0 Å². The lowest BCUT2D eigenvalue weighted by molar-refractivity contribution is 0.0189. The summed E-state index contributed by atoms with van der Waals surface area (Å²) in [6, 6.07) is 8.26. The molecule has 2 aromatic heterocycles. The number of nitrogens with one attached hydrogen (secondary N) is 1. The molecule has 5 heteroatoms. The smallest absolute Gasteiger partial charge is 0.193 e. The molecular formula is C17H19N3OS. The number of nitrogens with zero attached hydrogens (tertiary/aromatic N) is 2. The van der Waals surface area contributed by atoms with Gasteiger partial charge in [-0.3, -0.25) is 4.40 Å². The first kappa shape index (κ1) is 13.9. The predicted molar refractivity (Wildman–Crippen MR) is 88.1 cm³/mol. The second-order valence-corrected chi connectivity index (χ2v) is 6.82. The van der Waals surface area contributed by atoms with Gasteiger partial charge in [0, 0.05) is 24.7 Å². The second-order valence-electron chi connectivity index (χ2n) is 5.95. The first-order valence-electron chi connectivity index (χ1n) is 7.67. The number of imidazole rings is 1. The van der Waals surface area contributed by atoms with Gasteiger partial charge in [0.2, 0.25) is 0 Å². The SMILES string of the molecule is OC1(CNCc2cnc3sccn23)CCCc2ccccc21. The average Bonchev–Trinajstić information content (AvgIpc) is 3.13. The van der Waals surface area contributed by atoms with Crippen LogP contribution in [0, 0.1) is 0 Å². The maximum atomic E-state index is 11.0. The average molecular weight is 313 g/mol. The van der Waals surface area contributed by atoms with Gasteiger partial charge < -0.3 is 10.4 Å². The van der Waals surface area contributed by atoms with Crippen molar-refractivity contribution in [1.82, 2.24) is 14.7 Å². The van der Waals surface area contributed by atoms with Crippen LogP contribution >= 0.6 is 11.3 Å². The third-order valence-electron chi connectivity index (χ3n) is 4.50. The van der Waals surface area contributed by atoms with Crippen LogP contribution in [0.2, 0.25) is 0 Å². The molecule has 4 rings (SSSR count). The molecule has 1 atom stereocenters. The summed E-state index contributed by atoms with van der Waals surface area (Å²) in [5, 5.41) is 16.5. The van der Waals surface area contributed by atoms with Crippen LogP contribution in [0.15, 0.2) is 42.0 Å². The van der Waals surface area contributed by atoms with Gasteiger partial charge in [0.05, 0.1) is 11.9 Å². The summed E-state index contributed by atoms with van der Waals surface area (Å²) >= 11 is 1.63. The van der Waals surface area contributed by atoms with Crippen LogP contribution in [0.4, 0.5) is 0 Å². The molecule has 2 N–H and O–H groups in total. The minimum atomic E-state index is -0.757. The number of aliphatic hydroxyl groups is 1. The number of thiazole rings is 1. The molecule has 0 aliphatic heterocycles. The van der Waals surface area contributed by atoms with Crippen LogP contribution in [0.1, 0.15) is 29.7 Å². The molecule has 1 unspecified atom stereocenters. The van der Waals surface area contributed by atoms with Crippen LogP contribution in [0.25, 0.3) is 4.96 Å². The van der Waals surface area contributed by atoms with E-state index in [0.717, 1.165) is 35.5 Å². The van der Waals surface area contributed by atoms with Gasteiger partial charge in [0.25, 0.3) is 0 Å². The van der Waals surface area contributed by atoms with Gasteiger partial charge in [0.15, 0.2) is 4.96 Å². The molecule has 22 heavy (non-hydrogen) atoms. The topological polar surface area (TPSA) is 49.6 Å². The lowest BCUT2D eigenvalue weighted by atomic mass is 9.79. The van der Waals surface area contributed by atoms with Crippen molar-refractivity contribution in [2.75, 3.05) is 6.54 Å². The van der Waals surface area contributed by atoms with Crippen molar-refractivity contribution in [3.8, 4) is 0 Å². The maximum absolute atomic E-state index is 11.0. The molecule has 4 nitrogen and oxygen atoms in total. The van der Waals surface area contributed by atoms with Crippen LogP contribution in [-0.2, 0) is 18.6 Å². The highest BCUT2D eigenvalue weighted by atomic mass is 32.1. The third-order valence-corrected chi connectivity index (χ3v) is 5.27. The number of rotatable bonds is 4. The summed E-state index contributed by atoms with van der Waals surface area (Å²) in [5.74, 6) is 0. The van der Waals surface area contributed by atoms with Gasteiger partial charge in [-0.25, -0.2) is 4.98 Å². The Morgan fingerprint density at radius 3 is 3.23 bits per heavy atom. The number of aromatic nitrogens is 2. The van der Waals surface area contributed by atoms with Crippen LogP contribution < -0.4 is 5.32 Å². The number of fused-ring (bicyclic) bond motifs is 2. The fourth-order valence-electron chi connectivity index (χ4n) is 3.39. The van der Waals surface area contributed by atoms with Crippen LogP contribution in [0.3, 0.4) is 0 Å². The zero-order chi connectivity index (χ0) is 15.0. The molecule has 0 saturated heterocycles. The number of hydrogen-bond donors (Lipinski definition) is 2. The van der Waals surface area contributed by atoms with Gasteiger partial charge in [-0.05, 0) is 30.4 Å². The Balaban J connectivity index is 1.49. The van der Waals surface area contributed by atoms with Crippen molar-refractivity contribution < 1.29 is 5.11 Å². The van der Waals surface area contributed by atoms with Crippen molar-refractivity contribution in [2.24, 2.45) is 0 Å². The first-order chi connectivity index (χ1) is 10.8. The largest absolute Gasteiger partial charge is 0.384 e. The summed E-state index contributed by atoms with van der Waals surface area (Å²) in [4.78, 5) is 5.39. The molecule has 0 fully saturated rings. The monoisotopic (exact) mass is 313 g/mol. The molecule has 0 bridgehead atoms. The van der Waals surface area contributed by atoms with Crippen molar-refractivity contribution in [3.05, 3.63) is 58.9 Å². The van der Waals surface area contributed by atoms with E-state index in [1.165, 1.54) is 5.56 Å². The van der Waals surface area contributed by atoms with E-state index in [2.05, 4.69) is 32.9 Å². The van der Waals surface area contributed by atoms with E-state index < -0.39 is 5.60 Å². The van der Waals surface area contributed by atoms with E-state index in [1.54, 1.807) is 11.3 Å². The zero-order valence-corrected chi connectivity index (χ0v) is 13.1. The molecule has 0 amide bonds. The lowest BCUT2D eigenvalue weighted by Crippen LogP contribution is -2.40. The van der Waals surface area contributed by atoms with Gasteiger partial charge in [-0.2, -0.15) is 0 Å². The number of hydrogen-bond acceptors (Lipinski definition) is 4. The van der Waals surface area contributed by atoms with E-state index >= 15 is 0 Å². The molecule has 0 spiro atoms. The summed E-state index contributed by atoms with van der Waals surface area (Å²) < 4.78 is 2.09. The van der Waals surface area contributed by atoms with E-state index in [-0.39, 0.29) is 0 Å². The van der Waals surface area contributed by atoms with Gasteiger partial charge in [0.1, 0.15) is 5.60 Å². The summed E-state index contributed by atoms with van der Waals surface area (Å²) in [6.45, 7) is 1.28. The molecule has 0 radical (unpaired) electrons. The van der Waals surface area contributed by atoms with E-state index in [4.69, 9.17) is 0 Å². The summed E-state index contributed by atoms with van der Waals surface area (Å²) in [7, 11) is 0. The Bertz CT molecular complexity index is 794. The highest BCUT2D eigenvalue weighted by Gasteiger charge is 2.33. The Kier molecular flexibility index (Phi) is 3.48. The van der Waals surface area contributed by atoms with Gasteiger partial charge in [-0.1, -0.05) is 24.3 Å². The van der Waals surface area contributed by atoms with Crippen molar-refractivity contribution in [3.63, 3.8) is 0 Å². The molecule has 0 saturated carbocycles. The highest BCUT2D eigenvalue weighted by Crippen LogP contribution is 2.34. The van der Waals surface area contributed by atoms with Crippen molar-refractivity contribution >= 4 is 16.3 Å². The number of benzene rings is 1. The fraction of sp³-hybridized carbons (Fsp3) is 0.353. The zero-order valence-electron chi connectivity index (χ0n) is 12.3. The van der Waals surface area contributed by atoms with E-state index in [0.29, 0.717) is 13.1 Å². The van der Waals surface area contributed by atoms with Crippen LogP contribution in [-0.4, -0.2) is 21.0 Å². The molecule has 3 aromatic rings. The standard InChI is InChI=1S/C17H19N3OS/c21-17(7-3-5-13-4-1-2-6-15(13)17)12-18-10-14-11-19-16-20(14)8-9-22-16/h1-2,4,6,8-9,11,18,21H,3,5,7,10,12H2. The summed E-state index contributed by atoms with van der Waals surface area (Å²) in [5.41, 5.74) is 2.74. The molecule has 2 heterocycles. The maximum Gasteiger partial charge on any atom is 0.193 e. The van der Waals surface area contributed by atoms with Crippen molar-refractivity contribution in [2.45, 2.75) is 31.4 Å². The third kappa shape index (κ3) is 2.35. The molecule has 1 aliphatic rings. The molecule has 1 aromatic carbocycles. The van der Waals surface area contributed by atoms with E-state index in [1.807, 2.05) is 23.8 Å².